The molecule has 180 valence electrons. The molecule has 2 aliphatic heterocycles. The van der Waals surface area contributed by atoms with Crippen LogP contribution in [0.5, 0.6) is 0 Å². The van der Waals surface area contributed by atoms with Crippen LogP contribution < -0.4 is 0 Å². The summed E-state index contributed by atoms with van der Waals surface area (Å²) in [7, 11) is 0. The summed E-state index contributed by atoms with van der Waals surface area (Å²) in [6.07, 6.45) is 8.24. The van der Waals surface area contributed by atoms with Crippen molar-refractivity contribution in [3.63, 3.8) is 0 Å². The van der Waals surface area contributed by atoms with E-state index in [1.165, 1.54) is 11.1 Å². The van der Waals surface area contributed by atoms with Crippen LogP contribution in [0.25, 0.3) is 42.7 Å². The van der Waals surface area contributed by atoms with Crippen LogP contribution in [0.1, 0.15) is 46.9 Å². The molecule has 9 nitrogen and oxygen atoms in total. The molecule has 9 heteroatoms. The average molecular weight is 479 g/mol. The van der Waals surface area contributed by atoms with Crippen molar-refractivity contribution in [2.45, 2.75) is 50.6 Å². The fraction of sp³-hybridized carbons (Fsp3) is 0.370. The largest absolute Gasteiger partial charge is 0.347 e. The Bertz CT molecular complexity index is 1480. The zero-order chi connectivity index (χ0) is 24.6. The monoisotopic (exact) mass is 478 g/mol. The van der Waals surface area contributed by atoms with E-state index in [2.05, 4.69) is 65.8 Å². The summed E-state index contributed by atoms with van der Waals surface area (Å²) >= 11 is 0. The van der Waals surface area contributed by atoms with E-state index in [1.54, 1.807) is 0 Å². The average Bonchev–Trinajstić information content (AvgIpc) is 3.47. The Labute approximate surface area is 207 Å². The first-order valence-electron chi connectivity index (χ1n) is 12.5. The smallest absolute Gasteiger partial charge is 0.148 e. The second kappa shape index (κ2) is 9.11. The summed E-state index contributed by atoms with van der Waals surface area (Å²) in [6, 6.07) is 12.5. The van der Waals surface area contributed by atoms with Crippen molar-refractivity contribution in [1.29, 1.82) is 0 Å². The SMILES string of the molecule is [N-]=[N+]=NCC(C(=O)C(CN=[N+]=[N-])c1cn2c3c(cccc13)CCC2)c1cn2c3c(cccc13)CCC2. The third kappa shape index (κ3) is 3.52. The number of rotatable bonds is 8. The predicted octanol–water partition coefficient (Wildman–Crippen LogP) is 6.55. The molecule has 2 aliphatic rings. The van der Waals surface area contributed by atoms with Crippen molar-refractivity contribution >= 4 is 27.6 Å². The third-order valence-electron chi connectivity index (χ3n) is 7.81. The number of para-hydroxylation sites is 2. The van der Waals surface area contributed by atoms with Crippen LogP contribution in [0.2, 0.25) is 0 Å². The van der Waals surface area contributed by atoms with Crippen molar-refractivity contribution in [1.82, 2.24) is 9.13 Å². The Morgan fingerprint density at radius 3 is 1.72 bits per heavy atom. The van der Waals surface area contributed by atoms with Crippen LogP contribution in [0.4, 0.5) is 0 Å². The second-order valence-electron chi connectivity index (χ2n) is 9.72. The van der Waals surface area contributed by atoms with Crippen LogP contribution in [-0.4, -0.2) is 28.0 Å². The van der Waals surface area contributed by atoms with Gasteiger partial charge in [-0.15, -0.1) is 0 Å². The number of carbonyl (C=O) groups is 1. The Morgan fingerprint density at radius 2 is 1.28 bits per heavy atom. The highest BCUT2D eigenvalue weighted by atomic mass is 16.1. The first-order valence-corrected chi connectivity index (χ1v) is 12.5. The molecular weight excluding hydrogens is 452 g/mol. The number of aryl methyl sites for hydroxylation is 4. The molecule has 0 saturated carbocycles. The minimum atomic E-state index is -0.636. The number of azide groups is 2. The number of Topliss-reactive ketones (excluding diaryl/α,β-unsaturated/α-hetero) is 1. The molecule has 36 heavy (non-hydrogen) atoms. The first-order chi connectivity index (χ1) is 17.7. The summed E-state index contributed by atoms with van der Waals surface area (Å²) < 4.78 is 4.45. The summed E-state index contributed by atoms with van der Waals surface area (Å²) in [5.74, 6) is -1.35. The maximum Gasteiger partial charge on any atom is 0.148 e. The van der Waals surface area contributed by atoms with Gasteiger partial charge in [0, 0.05) is 59.2 Å². The number of hydrogen-bond acceptors (Lipinski definition) is 3. The van der Waals surface area contributed by atoms with Crippen LogP contribution in [0, 0.1) is 0 Å². The normalized spacial score (nSPS) is 15.8. The molecule has 2 atom stereocenters. The minimum Gasteiger partial charge on any atom is -0.347 e. The van der Waals surface area contributed by atoms with E-state index in [4.69, 9.17) is 11.1 Å². The lowest BCUT2D eigenvalue weighted by molar-refractivity contribution is -0.121. The lowest BCUT2D eigenvalue weighted by Gasteiger charge is -2.20. The molecule has 2 aromatic carbocycles. The quantitative estimate of drug-likeness (QED) is 0.159. The van der Waals surface area contributed by atoms with Gasteiger partial charge in [-0.3, -0.25) is 4.79 Å². The number of nitrogens with zero attached hydrogens (tertiary/aromatic N) is 8. The Kier molecular flexibility index (Phi) is 5.64. The van der Waals surface area contributed by atoms with E-state index in [0.29, 0.717) is 0 Å². The van der Waals surface area contributed by atoms with Gasteiger partial charge in [0.2, 0.25) is 0 Å². The molecule has 2 aromatic heterocycles. The van der Waals surface area contributed by atoms with Gasteiger partial charge in [0.15, 0.2) is 0 Å². The van der Waals surface area contributed by atoms with Crippen LogP contribution in [0.3, 0.4) is 0 Å². The lowest BCUT2D eigenvalue weighted by Crippen LogP contribution is -2.24. The summed E-state index contributed by atoms with van der Waals surface area (Å²) in [6.45, 7) is 1.84. The molecule has 6 rings (SSSR count). The third-order valence-corrected chi connectivity index (χ3v) is 7.81. The Balaban J connectivity index is 1.50. The molecule has 0 radical (unpaired) electrons. The fourth-order valence-electron chi connectivity index (χ4n) is 6.28. The molecule has 0 spiro atoms. The molecule has 0 aliphatic carbocycles. The number of carbonyl (C=O) groups excluding carboxylic acids is 1. The van der Waals surface area contributed by atoms with Gasteiger partial charge < -0.3 is 9.13 Å². The molecule has 4 aromatic rings. The molecule has 2 unspecified atom stereocenters. The van der Waals surface area contributed by atoms with Crippen molar-refractivity contribution in [3.8, 4) is 0 Å². The van der Waals surface area contributed by atoms with Gasteiger partial charge in [-0.05, 0) is 59.0 Å². The van der Waals surface area contributed by atoms with Crippen molar-refractivity contribution in [3.05, 3.63) is 91.9 Å². The van der Waals surface area contributed by atoms with E-state index < -0.39 is 11.8 Å². The molecule has 0 bridgehead atoms. The zero-order valence-electron chi connectivity index (χ0n) is 19.9. The van der Waals surface area contributed by atoms with Crippen molar-refractivity contribution in [2.24, 2.45) is 10.2 Å². The first kappa shape index (κ1) is 22.3. The van der Waals surface area contributed by atoms with E-state index >= 15 is 0 Å². The molecular formula is C27H26N8O. The Morgan fingerprint density at radius 1 is 0.806 bits per heavy atom. The lowest BCUT2D eigenvalue weighted by atomic mass is 9.83. The number of benzene rings is 2. The van der Waals surface area contributed by atoms with Crippen LogP contribution in [0.15, 0.2) is 59.0 Å². The minimum absolute atomic E-state index is 0.0231. The van der Waals surface area contributed by atoms with Gasteiger partial charge in [-0.25, -0.2) is 0 Å². The Hall–Kier alpha value is -4.19. The van der Waals surface area contributed by atoms with Gasteiger partial charge in [0.25, 0.3) is 0 Å². The predicted molar refractivity (Wildman–Crippen MR) is 139 cm³/mol. The summed E-state index contributed by atoms with van der Waals surface area (Å²) in [4.78, 5) is 20.3. The van der Waals surface area contributed by atoms with Gasteiger partial charge in [0.1, 0.15) is 5.78 Å². The van der Waals surface area contributed by atoms with E-state index in [9.17, 15) is 4.79 Å². The van der Waals surface area contributed by atoms with Gasteiger partial charge >= 0.3 is 0 Å². The van der Waals surface area contributed by atoms with Crippen LogP contribution >= 0.6 is 0 Å². The van der Waals surface area contributed by atoms with Gasteiger partial charge in [0.05, 0.1) is 22.9 Å². The molecule has 0 fully saturated rings. The highest BCUT2D eigenvalue weighted by Crippen LogP contribution is 2.39. The topological polar surface area (TPSA) is 124 Å². The van der Waals surface area contributed by atoms with Crippen LogP contribution in [-0.2, 0) is 30.7 Å². The number of aromatic nitrogens is 2. The fourth-order valence-corrected chi connectivity index (χ4v) is 6.28. The number of ketones is 1. The maximum absolute atomic E-state index is 14.4. The standard InChI is InChI=1S/C27H26N8O/c28-32-30-13-21(23-15-34-11-3-7-17-5-1-9-19(23)25(17)34)27(36)22(14-31-33-29)24-16-35-12-4-8-18-6-2-10-20(24)26(18)35/h1-2,5-6,9-10,15-16,21-22H,3-4,7-8,11-14H2. The van der Waals surface area contributed by atoms with Gasteiger partial charge in [-0.1, -0.05) is 46.6 Å². The van der Waals surface area contributed by atoms with Crippen molar-refractivity contribution in [2.75, 3.05) is 13.1 Å². The molecule has 0 N–H and O–H groups in total. The van der Waals surface area contributed by atoms with E-state index in [-0.39, 0.29) is 18.9 Å². The van der Waals surface area contributed by atoms with Gasteiger partial charge in [-0.2, -0.15) is 0 Å². The van der Waals surface area contributed by atoms with Crippen molar-refractivity contribution < 1.29 is 4.79 Å². The molecule has 0 amide bonds. The molecule has 0 saturated heterocycles. The van der Waals surface area contributed by atoms with E-state index in [1.807, 2.05) is 12.1 Å². The summed E-state index contributed by atoms with van der Waals surface area (Å²) in [5.41, 5.74) is 24.9. The zero-order valence-corrected chi connectivity index (χ0v) is 19.9. The summed E-state index contributed by atoms with van der Waals surface area (Å²) in [5, 5.41) is 9.77. The number of hydrogen-bond donors (Lipinski definition) is 0. The maximum atomic E-state index is 14.4. The second-order valence-corrected chi connectivity index (χ2v) is 9.72. The van der Waals surface area contributed by atoms with E-state index in [0.717, 1.165) is 71.7 Å². The highest BCUT2D eigenvalue weighted by Gasteiger charge is 2.34. The highest BCUT2D eigenvalue weighted by molar-refractivity contribution is 6.01. The molecule has 4 heterocycles.